The van der Waals surface area contributed by atoms with Crippen molar-refractivity contribution in [2.24, 2.45) is 5.84 Å². The first-order valence-corrected chi connectivity index (χ1v) is 6.19. The fourth-order valence-electron chi connectivity index (χ4n) is 2.51. The van der Waals surface area contributed by atoms with Crippen LogP contribution in [0.4, 0.5) is 10.1 Å². The highest BCUT2D eigenvalue weighted by Crippen LogP contribution is 2.39. The van der Waals surface area contributed by atoms with Crippen molar-refractivity contribution in [2.45, 2.75) is 13.0 Å². The van der Waals surface area contributed by atoms with E-state index in [-0.39, 0.29) is 29.5 Å². The molecule has 0 unspecified atom stereocenters. The molecule has 0 aliphatic carbocycles. The number of carboxylic acids is 1. The van der Waals surface area contributed by atoms with Crippen LogP contribution in [0.2, 0.25) is 0 Å². The van der Waals surface area contributed by atoms with Gasteiger partial charge in [-0.15, -0.1) is 0 Å². The molecule has 110 valence electrons. The molecule has 0 spiro atoms. The van der Waals surface area contributed by atoms with Crippen molar-refractivity contribution in [2.75, 3.05) is 12.0 Å². The summed E-state index contributed by atoms with van der Waals surface area (Å²) in [5, 5.41) is 9.07. The predicted octanol–water partition coefficient (Wildman–Crippen LogP) is 1.08. The third kappa shape index (κ3) is 1.76. The van der Waals surface area contributed by atoms with Gasteiger partial charge in [0.15, 0.2) is 11.6 Å². The molecule has 4 N–H and O–H groups in total. The first-order chi connectivity index (χ1) is 9.95. The SMILES string of the molecule is C[C@H]1COc2c(NN)c(F)cc3c(=O)c(C(=O)O)cn1c23. The van der Waals surface area contributed by atoms with Crippen LogP contribution in [0, 0.1) is 5.82 Å². The smallest absolute Gasteiger partial charge is 0.341 e. The zero-order chi connectivity index (χ0) is 15.3. The van der Waals surface area contributed by atoms with Crippen molar-refractivity contribution in [3.05, 3.63) is 33.9 Å². The molecule has 1 atom stereocenters. The maximum Gasteiger partial charge on any atom is 0.341 e. The number of hydrazine groups is 1. The van der Waals surface area contributed by atoms with Gasteiger partial charge >= 0.3 is 5.97 Å². The highest BCUT2D eigenvalue weighted by molar-refractivity contribution is 5.97. The standard InChI is InChI=1S/C13H12FN3O4/c1-5-4-21-12-9(16-15)8(14)2-6-10(12)17(5)3-7(11(6)18)13(19)20/h2-3,5,16H,4,15H2,1H3,(H,19,20)/t5-/m0/s1. The van der Waals surface area contributed by atoms with E-state index in [0.29, 0.717) is 5.52 Å². The van der Waals surface area contributed by atoms with E-state index in [1.165, 1.54) is 6.20 Å². The Morgan fingerprint density at radius 2 is 2.33 bits per heavy atom. The number of nitrogens with one attached hydrogen (secondary N) is 1. The number of pyridine rings is 1. The number of benzene rings is 1. The fourth-order valence-corrected chi connectivity index (χ4v) is 2.51. The van der Waals surface area contributed by atoms with Crippen molar-refractivity contribution < 1.29 is 19.0 Å². The molecular formula is C13H12FN3O4. The second-order valence-corrected chi connectivity index (χ2v) is 4.85. The average molecular weight is 293 g/mol. The van der Waals surface area contributed by atoms with Crippen LogP contribution < -0.4 is 21.4 Å². The van der Waals surface area contributed by atoms with Crippen LogP contribution >= 0.6 is 0 Å². The Hall–Kier alpha value is -2.61. The van der Waals surface area contributed by atoms with E-state index in [0.717, 1.165) is 6.07 Å². The normalized spacial score (nSPS) is 16.6. The summed E-state index contributed by atoms with van der Waals surface area (Å²) in [7, 11) is 0. The quantitative estimate of drug-likeness (QED) is 0.565. The largest absolute Gasteiger partial charge is 0.487 e. The molecule has 0 saturated carbocycles. The Morgan fingerprint density at radius 1 is 1.62 bits per heavy atom. The topological polar surface area (TPSA) is 107 Å². The fraction of sp³-hybridized carbons (Fsp3) is 0.231. The average Bonchev–Trinajstić information content (AvgIpc) is 2.44. The lowest BCUT2D eigenvalue weighted by atomic mass is 10.1. The molecule has 2 heterocycles. The minimum atomic E-state index is -1.35. The van der Waals surface area contributed by atoms with E-state index in [1.54, 1.807) is 11.5 Å². The number of nitrogens with zero attached hydrogens (tertiary/aromatic N) is 1. The number of rotatable bonds is 2. The van der Waals surface area contributed by atoms with Gasteiger partial charge in [-0.2, -0.15) is 0 Å². The van der Waals surface area contributed by atoms with Crippen LogP contribution in [-0.2, 0) is 0 Å². The van der Waals surface area contributed by atoms with Gasteiger partial charge in [0.1, 0.15) is 17.9 Å². The van der Waals surface area contributed by atoms with Crippen LogP contribution in [-0.4, -0.2) is 22.2 Å². The maximum absolute atomic E-state index is 14.0. The summed E-state index contributed by atoms with van der Waals surface area (Å²) in [5.74, 6) is 3.27. The maximum atomic E-state index is 14.0. The molecule has 0 amide bonds. The summed E-state index contributed by atoms with van der Waals surface area (Å²) in [5.41, 5.74) is 1.31. The van der Waals surface area contributed by atoms with Gasteiger partial charge in [0.05, 0.1) is 16.9 Å². The zero-order valence-electron chi connectivity index (χ0n) is 11.0. The number of aromatic nitrogens is 1. The zero-order valence-corrected chi connectivity index (χ0v) is 11.0. The molecule has 0 fully saturated rings. The van der Waals surface area contributed by atoms with E-state index in [9.17, 15) is 14.0 Å². The summed E-state index contributed by atoms with van der Waals surface area (Å²) >= 11 is 0. The number of carboxylic acid groups (broad SMARTS) is 1. The highest BCUT2D eigenvalue weighted by Gasteiger charge is 2.27. The first kappa shape index (κ1) is 13.4. The molecular weight excluding hydrogens is 281 g/mol. The lowest BCUT2D eigenvalue weighted by Gasteiger charge is -2.28. The second kappa shape index (κ2) is 4.45. The van der Waals surface area contributed by atoms with E-state index in [1.807, 2.05) is 0 Å². The van der Waals surface area contributed by atoms with Crippen LogP contribution in [0.25, 0.3) is 10.9 Å². The van der Waals surface area contributed by atoms with Crippen molar-refractivity contribution in [1.82, 2.24) is 4.57 Å². The number of hydrogen-bond donors (Lipinski definition) is 3. The van der Waals surface area contributed by atoms with Gasteiger partial charge in [0.2, 0.25) is 5.43 Å². The third-order valence-corrected chi connectivity index (χ3v) is 3.54. The van der Waals surface area contributed by atoms with Gasteiger partial charge in [0.25, 0.3) is 0 Å². The van der Waals surface area contributed by atoms with E-state index < -0.39 is 22.8 Å². The van der Waals surface area contributed by atoms with Crippen molar-refractivity contribution in [3.63, 3.8) is 0 Å². The van der Waals surface area contributed by atoms with Gasteiger partial charge in [0, 0.05) is 6.20 Å². The van der Waals surface area contributed by atoms with Gasteiger partial charge in [-0.05, 0) is 13.0 Å². The third-order valence-electron chi connectivity index (χ3n) is 3.54. The molecule has 7 nitrogen and oxygen atoms in total. The first-order valence-electron chi connectivity index (χ1n) is 6.19. The minimum absolute atomic E-state index is 0.0482. The summed E-state index contributed by atoms with van der Waals surface area (Å²) in [6.45, 7) is 2.01. The number of anilines is 1. The Balaban J connectivity index is 2.55. The number of hydrogen-bond acceptors (Lipinski definition) is 5. The molecule has 1 aromatic carbocycles. The molecule has 0 radical (unpaired) electrons. The molecule has 1 aromatic heterocycles. The molecule has 3 rings (SSSR count). The van der Waals surface area contributed by atoms with Crippen molar-refractivity contribution >= 4 is 22.6 Å². The van der Waals surface area contributed by atoms with Crippen LogP contribution in [0.5, 0.6) is 5.75 Å². The summed E-state index contributed by atoms with van der Waals surface area (Å²) < 4.78 is 21.1. The van der Waals surface area contributed by atoms with Gasteiger partial charge in [-0.25, -0.2) is 9.18 Å². The van der Waals surface area contributed by atoms with E-state index >= 15 is 0 Å². The van der Waals surface area contributed by atoms with Gasteiger partial charge in [-0.3, -0.25) is 10.6 Å². The number of aromatic carboxylic acids is 1. The molecule has 1 aliphatic heterocycles. The predicted molar refractivity (Wildman–Crippen MR) is 73.1 cm³/mol. The molecule has 2 aromatic rings. The minimum Gasteiger partial charge on any atom is -0.487 e. The number of halogens is 1. The van der Waals surface area contributed by atoms with Crippen LogP contribution in [0.3, 0.4) is 0 Å². The number of ether oxygens (including phenoxy) is 1. The molecule has 8 heteroatoms. The summed E-state index contributed by atoms with van der Waals surface area (Å²) in [6, 6.07) is 0.774. The van der Waals surface area contributed by atoms with Crippen molar-refractivity contribution in [1.29, 1.82) is 0 Å². The second-order valence-electron chi connectivity index (χ2n) is 4.85. The van der Waals surface area contributed by atoms with Gasteiger partial charge < -0.3 is 19.8 Å². The van der Waals surface area contributed by atoms with Crippen LogP contribution in [0.15, 0.2) is 17.1 Å². The number of nitrogen functional groups attached to an aromatic ring is 1. The summed E-state index contributed by atoms with van der Waals surface area (Å²) in [4.78, 5) is 23.4. The Kier molecular flexibility index (Phi) is 2.84. The number of nitrogens with two attached hydrogens (primary N) is 1. The molecule has 1 aliphatic rings. The molecule has 0 saturated heterocycles. The Bertz CT molecular complexity index is 831. The van der Waals surface area contributed by atoms with Crippen molar-refractivity contribution in [3.8, 4) is 5.75 Å². The summed E-state index contributed by atoms with van der Waals surface area (Å²) in [6.07, 6.45) is 1.25. The molecule has 0 bridgehead atoms. The van der Waals surface area contributed by atoms with E-state index in [2.05, 4.69) is 5.43 Å². The lowest BCUT2D eigenvalue weighted by Crippen LogP contribution is -2.27. The highest BCUT2D eigenvalue weighted by atomic mass is 19.1. The van der Waals surface area contributed by atoms with Gasteiger partial charge in [-0.1, -0.05) is 0 Å². The Labute approximate surface area is 117 Å². The van der Waals surface area contributed by atoms with Crippen LogP contribution in [0.1, 0.15) is 23.3 Å². The van der Waals surface area contributed by atoms with E-state index in [4.69, 9.17) is 15.7 Å². The number of carbonyl (C=O) groups is 1. The molecule has 21 heavy (non-hydrogen) atoms. The Morgan fingerprint density at radius 3 is 2.95 bits per heavy atom. The monoisotopic (exact) mass is 293 g/mol. The lowest BCUT2D eigenvalue weighted by molar-refractivity contribution is 0.0694.